The van der Waals surface area contributed by atoms with E-state index >= 15 is 0 Å². The minimum atomic E-state index is -0.176. The molecule has 86 valence electrons. The van der Waals surface area contributed by atoms with E-state index in [1.165, 1.54) is 5.56 Å². The highest BCUT2D eigenvalue weighted by molar-refractivity contribution is 5.83. The maximum atomic E-state index is 11.6. The first-order valence-electron chi connectivity index (χ1n) is 5.91. The van der Waals surface area contributed by atoms with Gasteiger partial charge in [0.2, 0.25) is 5.91 Å². The number of hydrogen-bond donors (Lipinski definition) is 2. The van der Waals surface area contributed by atoms with Crippen molar-refractivity contribution in [2.75, 3.05) is 13.1 Å². The van der Waals surface area contributed by atoms with Crippen LogP contribution in [0.15, 0.2) is 24.3 Å². The fourth-order valence-corrected chi connectivity index (χ4v) is 2.03. The van der Waals surface area contributed by atoms with Gasteiger partial charge in [0.25, 0.3) is 0 Å². The summed E-state index contributed by atoms with van der Waals surface area (Å²) in [6, 6.07) is 8.15. The van der Waals surface area contributed by atoms with Gasteiger partial charge in [0.1, 0.15) is 6.04 Å². The molecule has 1 heterocycles. The molecule has 2 N–H and O–H groups in total. The predicted molar refractivity (Wildman–Crippen MR) is 64.2 cm³/mol. The Labute approximate surface area is 96.2 Å². The number of piperazine rings is 1. The molecule has 0 aliphatic carbocycles. The summed E-state index contributed by atoms with van der Waals surface area (Å²) in [6.45, 7) is 3.74. The molecule has 16 heavy (non-hydrogen) atoms. The molecule has 1 aliphatic heterocycles. The largest absolute Gasteiger partial charge is 0.353 e. The highest BCUT2D eigenvalue weighted by Gasteiger charge is 2.22. The van der Waals surface area contributed by atoms with E-state index in [1.54, 1.807) is 0 Å². The van der Waals surface area contributed by atoms with E-state index in [-0.39, 0.29) is 11.9 Å². The Morgan fingerprint density at radius 2 is 2.00 bits per heavy atom. The van der Waals surface area contributed by atoms with Crippen LogP contribution in [-0.2, 0) is 11.2 Å². The molecule has 0 spiro atoms. The molecule has 1 aromatic carbocycles. The quantitative estimate of drug-likeness (QED) is 0.805. The van der Waals surface area contributed by atoms with Crippen LogP contribution >= 0.6 is 0 Å². The van der Waals surface area contributed by atoms with Crippen molar-refractivity contribution in [2.24, 2.45) is 0 Å². The van der Waals surface area contributed by atoms with Crippen LogP contribution in [0, 0.1) is 0 Å². The maximum absolute atomic E-state index is 11.6. The second-order valence-corrected chi connectivity index (χ2v) is 4.17. The average Bonchev–Trinajstić information content (AvgIpc) is 2.31. The summed E-state index contributed by atoms with van der Waals surface area (Å²) in [6.07, 6.45) is 2.26. The Morgan fingerprint density at radius 3 is 2.62 bits per heavy atom. The first-order valence-corrected chi connectivity index (χ1v) is 5.91. The van der Waals surface area contributed by atoms with Crippen molar-refractivity contribution < 1.29 is 4.79 Å². The third-order valence-corrected chi connectivity index (χ3v) is 2.89. The fourth-order valence-electron chi connectivity index (χ4n) is 2.03. The molecular formula is C13H18N2O. The third kappa shape index (κ3) is 2.42. The van der Waals surface area contributed by atoms with Gasteiger partial charge in [-0.25, -0.2) is 0 Å². The van der Waals surface area contributed by atoms with Crippen LogP contribution in [-0.4, -0.2) is 19.0 Å². The third-order valence-electron chi connectivity index (χ3n) is 2.89. The van der Waals surface area contributed by atoms with Crippen molar-refractivity contribution in [3.8, 4) is 0 Å². The molecular weight excluding hydrogens is 200 g/mol. The number of carbonyl (C=O) groups is 1. The Morgan fingerprint density at radius 1 is 1.25 bits per heavy atom. The first kappa shape index (κ1) is 11.1. The minimum Gasteiger partial charge on any atom is -0.353 e. The smallest absolute Gasteiger partial charge is 0.241 e. The van der Waals surface area contributed by atoms with Crippen LogP contribution in [0.25, 0.3) is 0 Å². The number of amides is 1. The van der Waals surface area contributed by atoms with Crippen LogP contribution in [0.1, 0.15) is 30.5 Å². The molecule has 0 radical (unpaired) electrons. The standard InChI is InChI=1S/C13H18N2O/c1-2-3-10-4-6-11(7-5-10)12-13(16)15-9-8-14-12/h4-7,12,14H,2-3,8-9H2,1H3,(H,15,16). The summed E-state index contributed by atoms with van der Waals surface area (Å²) in [4.78, 5) is 11.6. The van der Waals surface area contributed by atoms with Gasteiger partial charge < -0.3 is 10.6 Å². The van der Waals surface area contributed by atoms with Gasteiger partial charge >= 0.3 is 0 Å². The lowest BCUT2D eigenvalue weighted by Crippen LogP contribution is -2.47. The van der Waals surface area contributed by atoms with Crippen LogP contribution in [0.4, 0.5) is 0 Å². The van der Waals surface area contributed by atoms with Gasteiger partial charge in [0.15, 0.2) is 0 Å². The van der Waals surface area contributed by atoms with Gasteiger partial charge in [-0.3, -0.25) is 4.79 Å². The second-order valence-electron chi connectivity index (χ2n) is 4.17. The lowest BCUT2D eigenvalue weighted by atomic mass is 10.0. The summed E-state index contributed by atoms with van der Waals surface area (Å²) < 4.78 is 0. The molecule has 1 aliphatic rings. The number of nitrogens with one attached hydrogen (secondary N) is 2. The van der Waals surface area contributed by atoms with Gasteiger partial charge in [0, 0.05) is 13.1 Å². The van der Waals surface area contributed by atoms with E-state index in [1.807, 2.05) is 12.1 Å². The predicted octanol–water partition coefficient (Wildman–Crippen LogP) is 1.40. The molecule has 0 saturated carbocycles. The number of benzene rings is 1. The molecule has 1 aromatic rings. The lowest BCUT2D eigenvalue weighted by Gasteiger charge is -2.23. The number of hydrogen-bond acceptors (Lipinski definition) is 2. The van der Waals surface area contributed by atoms with Gasteiger partial charge in [-0.1, -0.05) is 37.6 Å². The molecule has 2 rings (SSSR count). The minimum absolute atomic E-state index is 0.0782. The Kier molecular flexibility index (Phi) is 3.57. The van der Waals surface area contributed by atoms with E-state index in [9.17, 15) is 4.79 Å². The number of carbonyl (C=O) groups excluding carboxylic acids is 1. The molecule has 0 bridgehead atoms. The average molecular weight is 218 g/mol. The zero-order valence-electron chi connectivity index (χ0n) is 9.62. The first-order chi connectivity index (χ1) is 7.81. The lowest BCUT2D eigenvalue weighted by molar-refractivity contribution is -0.124. The van der Waals surface area contributed by atoms with Crippen LogP contribution in [0.5, 0.6) is 0 Å². The molecule has 3 heteroatoms. The van der Waals surface area contributed by atoms with Gasteiger partial charge in [-0.05, 0) is 17.5 Å². The number of aryl methyl sites for hydroxylation is 1. The Hall–Kier alpha value is -1.35. The molecule has 1 atom stereocenters. The summed E-state index contributed by atoms with van der Waals surface area (Å²) in [5, 5.41) is 6.09. The van der Waals surface area contributed by atoms with Gasteiger partial charge in [0.05, 0.1) is 0 Å². The van der Waals surface area contributed by atoms with Crippen molar-refractivity contribution in [3.63, 3.8) is 0 Å². The fraction of sp³-hybridized carbons (Fsp3) is 0.462. The van der Waals surface area contributed by atoms with Crippen molar-refractivity contribution in [1.82, 2.24) is 10.6 Å². The van der Waals surface area contributed by atoms with Crippen LogP contribution in [0.2, 0.25) is 0 Å². The van der Waals surface area contributed by atoms with E-state index in [4.69, 9.17) is 0 Å². The highest BCUT2D eigenvalue weighted by atomic mass is 16.2. The molecule has 0 aromatic heterocycles. The Bertz CT molecular complexity index is 359. The maximum Gasteiger partial charge on any atom is 0.241 e. The van der Waals surface area contributed by atoms with E-state index < -0.39 is 0 Å². The van der Waals surface area contributed by atoms with Gasteiger partial charge in [-0.15, -0.1) is 0 Å². The molecule has 1 amide bonds. The van der Waals surface area contributed by atoms with Crippen molar-refractivity contribution in [1.29, 1.82) is 0 Å². The van der Waals surface area contributed by atoms with Gasteiger partial charge in [-0.2, -0.15) is 0 Å². The summed E-state index contributed by atoms with van der Waals surface area (Å²) >= 11 is 0. The second kappa shape index (κ2) is 5.12. The molecule has 1 unspecified atom stereocenters. The number of rotatable bonds is 3. The summed E-state index contributed by atoms with van der Waals surface area (Å²) in [5.41, 5.74) is 2.39. The van der Waals surface area contributed by atoms with E-state index in [0.29, 0.717) is 0 Å². The topological polar surface area (TPSA) is 41.1 Å². The monoisotopic (exact) mass is 218 g/mol. The van der Waals surface area contributed by atoms with Crippen molar-refractivity contribution >= 4 is 5.91 Å². The van der Waals surface area contributed by atoms with E-state index in [2.05, 4.69) is 29.7 Å². The van der Waals surface area contributed by atoms with Crippen LogP contribution < -0.4 is 10.6 Å². The highest BCUT2D eigenvalue weighted by Crippen LogP contribution is 2.16. The summed E-state index contributed by atoms with van der Waals surface area (Å²) in [7, 11) is 0. The molecule has 1 saturated heterocycles. The Balaban J connectivity index is 2.11. The summed E-state index contributed by atoms with van der Waals surface area (Å²) in [5.74, 6) is 0.0782. The van der Waals surface area contributed by atoms with Crippen molar-refractivity contribution in [2.45, 2.75) is 25.8 Å². The normalized spacial score (nSPS) is 20.6. The van der Waals surface area contributed by atoms with E-state index in [0.717, 1.165) is 31.5 Å². The molecule has 3 nitrogen and oxygen atoms in total. The zero-order chi connectivity index (χ0) is 11.4. The zero-order valence-corrected chi connectivity index (χ0v) is 9.62. The SMILES string of the molecule is CCCc1ccc(C2NCCNC2=O)cc1. The van der Waals surface area contributed by atoms with Crippen LogP contribution in [0.3, 0.4) is 0 Å². The molecule has 1 fully saturated rings. The van der Waals surface area contributed by atoms with Crippen molar-refractivity contribution in [3.05, 3.63) is 35.4 Å².